The van der Waals surface area contributed by atoms with Gasteiger partial charge >= 0.3 is 0 Å². The fraction of sp³-hybridized carbons (Fsp3) is 0.500. The summed E-state index contributed by atoms with van der Waals surface area (Å²) >= 11 is 0. The summed E-state index contributed by atoms with van der Waals surface area (Å²) < 4.78 is 5.25. The summed E-state index contributed by atoms with van der Waals surface area (Å²) in [4.78, 5) is 25.9. The van der Waals surface area contributed by atoms with Crippen LogP contribution in [-0.4, -0.2) is 49.6 Å². The third-order valence-electron chi connectivity index (χ3n) is 3.96. The minimum atomic E-state index is -0.885. The molecule has 1 aromatic rings. The Hall–Kier alpha value is -1.92. The van der Waals surface area contributed by atoms with Gasteiger partial charge in [-0.15, -0.1) is 0 Å². The molecule has 6 heteroatoms. The molecular formula is C16H23N3O3. The lowest BCUT2D eigenvalue weighted by Gasteiger charge is -2.31. The molecule has 1 aliphatic heterocycles. The Labute approximate surface area is 130 Å². The third-order valence-corrected chi connectivity index (χ3v) is 3.96. The highest BCUT2D eigenvalue weighted by Crippen LogP contribution is 2.22. The summed E-state index contributed by atoms with van der Waals surface area (Å²) in [5.74, 6) is -0.267. The first-order valence-electron chi connectivity index (χ1n) is 7.34. The first kappa shape index (κ1) is 16.5. The van der Waals surface area contributed by atoms with Crippen molar-refractivity contribution in [3.8, 4) is 0 Å². The Kier molecular flexibility index (Phi) is 4.83. The van der Waals surface area contributed by atoms with Crippen LogP contribution in [0.25, 0.3) is 0 Å². The number of carbonyl (C=O) groups is 2. The number of hydrogen-bond acceptors (Lipinski definition) is 4. The molecule has 6 nitrogen and oxygen atoms in total. The number of ether oxygens (including phenoxy) is 1. The first-order valence-corrected chi connectivity index (χ1v) is 7.34. The van der Waals surface area contributed by atoms with E-state index in [2.05, 4.69) is 5.32 Å². The molecule has 0 radical (unpaired) electrons. The molecular weight excluding hydrogens is 282 g/mol. The van der Waals surface area contributed by atoms with Crippen LogP contribution in [0.3, 0.4) is 0 Å². The highest BCUT2D eigenvalue weighted by molar-refractivity contribution is 5.99. The quantitative estimate of drug-likeness (QED) is 0.877. The number of aryl methyl sites for hydroxylation is 1. The standard InChI is InChI=1S/C16H23N3O3/c1-11-10-12(4-5-13(11)14(20)19(2)3)18-15(21)16(17)6-8-22-9-7-16/h4-5,10H,6-9,17H2,1-3H3,(H,18,21). The van der Waals surface area contributed by atoms with Crippen molar-refractivity contribution in [2.75, 3.05) is 32.6 Å². The van der Waals surface area contributed by atoms with Crippen LogP contribution in [0, 0.1) is 6.92 Å². The molecule has 0 atom stereocenters. The van der Waals surface area contributed by atoms with Gasteiger partial charge in [0.05, 0.1) is 0 Å². The van der Waals surface area contributed by atoms with Crippen molar-refractivity contribution in [3.05, 3.63) is 29.3 Å². The van der Waals surface area contributed by atoms with Crippen LogP contribution in [0.4, 0.5) is 5.69 Å². The number of benzene rings is 1. The number of nitrogens with one attached hydrogen (secondary N) is 1. The molecule has 0 aliphatic carbocycles. The minimum absolute atomic E-state index is 0.0601. The Morgan fingerprint density at radius 1 is 1.27 bits per heavy atom. The fourth-order valence-electron chi connectivity index (χ4n) is 2.44. The molecule has 2 amide bonds. The number of amides is 2. The highest BCUT2D eigenvalue weighted by Gasteiger charge is 2.35. The van der Waals surface area contributed by atoms with Crippen LogP contribution in [-0.2, 0) is 9.53 Å². The van der Waals surface area contributed by atoms with Crippen molar-refractivity contribution in [2.45, 2.75) is 25.3 Å². The van der Waals surface area contributed by atoms with Crippen LogP contribution in [0.1, 0.15) is 28.8 Å². The van der Waals surface area contributed by atoms with Gasteiger partial charge in [-0.05, 0) is 43.5 Å². The molecule has 120 valence electrons. The maximum atomic E-state index is 12.4. The molecule has 1 aromatic carbocycles. The van der Waals surface area contributed by atoms with Gasteiger partial charge in [0.25, 0.3) is 5.91 Å². The molecule has 0 unspecified atom stereocenters. The van der Waals surface area contributed by atoms with E-state index in [1.165, 1.54) is 4.90 Å². The summed E-state index contributed by atoms with van der Waals surface area (Å²) in [5.41, 5.74) is 7.35. The monoisotopic (exact) mass is 305 g/mol. The summed E-state index contributed by atoms with van der Waals surface area (Å²) in [6.45, 7) is 2.84. The van der Waals surface area contributed by atoms with E-state index in [9.17, 15) is 9.59 Å². The molecule has 3 N–H and O–H groups in total. The predicted molar refractivity (Wildman–Crippen MR) is 84.8 cm³/mol. The molecule has 0 bridgehead atoms. The second-order valence-electron chi connectivity index (χ2n) is 5.95. The zero-order chi connectivity index (χ0) is 16.3. The van der Waals surface area contributed by atoms with E-state index < -0.39 is 5.54 Å². The third kappa shape index (κ3) is 3.45. The van der Waals surface area contributed by atoms with E-state index in [-0.39, 0.29) is 11.8 Å². The van der Waals surface area contributed by atoms with E-state index >= 15 is 0 Å². The normalized spacial score (nSPS) is 16.9. The minimum Gasteiger partial charge on any atom is -0.381 e. The lowest BCUT2D eigenvalue weighted by atomic mass is 9.90. The van der Waals surface area contributed by atoms with Gasteiger partial charge in [0.15, 0.2) is 0 Å². The van der Waals surface area contributed by atoms with Gasteiger partial charge in [-0.25, -0.2) is 0 Å². The van der Waals surface area contributed by atoms with Gasteiger partial charge in [-0.1, -0.05) is 0 Å². The van der Waals surface area contributed by atoms with E-state index in [1.807, 2.05) is 6.92 Å². The Morgan fingerprint density at radius 2 is 1.91 bits per heavy atom. The molecule has 1 aliphatic rings. The maximum Gasteiger partial charge on any atom is 0.253 e. The van der Waals surface area contributed by atoms with Crippen molar-refractivity contribution >= 4 is 17.5 Å². The van der Waals surface area contributed by atoms with Crippen LogP contribution < -0.4 is 11.1 Å². The van der Waals surface area contributed by atoms with Crippen LogP contribution in [0.5, 0.6) is 0 Å². The number of nitrogens with zero attached hydrogens (tertiary/aromatic N) is 1. The van der Waals surface area contributed by atoms with Crippen molar-refractivity contribution in [1.29, 1.82) is 0 Å². The molecule has 0 spiro atoms. The Morgan fingerprint density at radius 3 is 2.45 bits per heavy atom. The number of anilines is 1. The van der Waals surface area contributed by atoms with E-state index in [1.54, 1.807) is 32.3 Å². The maximum absolute atomic E-state index is 12.4. The number of hydrogen-bond donors (Lipinski definition) is 2. The number of rotatable bonds is 3. The fourth-order valence-corrected chi connectivity index (χ4v) is 2.44. The summed E-state index contributed by atoms with van der Waals surface area (Å²) in [7, 11) is 3.42. The van der Waals surface area contributed by atoms with Crippen molar-refractivity contribution < 1.29 is 14.3 Å². The van der Waals surface area contributed by atoms with E-state index in [0.717, 1.165) is 5.56 Å². The summed E-state index contributed by atoms with van der Waals surface area (Å²) in [5, 5.41) is 2.84. The van der Waals surface area contributed by atoms with Gasteiger partial charge in [0.2, 0.25) is 5.91 Å². The molecule has 22 heavy (non-hydrogen) atoms. The van der Waals surface area contributed by atoms with Crippen LogP contribution in [0.15, 0.2) is 18.2 Å². The zero-order valence-corrected chi connectivity index (χ0v) is 13.3. The van der Waals surface area contributed by atoms with Crippen molar-refractivity contribution in [1.82, 2.24) is 4.90 Å². The lowest BCUT2D eigenvalue weighted by Crippen LogP contribution is -2.54. The predicted octanol–water partition coefficient (Wildman–Crippen LogP) is 1.14. The van der Waals surface area contributed by atoms with Gasteiger partial charge in [0.1, 0.15) is 5.54 Å². The lowest BCUT2D eigenvalue weighted by molar-refractivity contribution is -0.124. The van der Waals surface area contributed by atoms with Crippen LogP contribution >= 0.6 is 0 Å². The topological polar surface area (TPSA) is 84.7 Å². The van der Waals surface area contributed by atoms with Crippen molar-refractivity contribution in [2.24, 2.45) is 5.73 Å². The molecule has 1 heterocycles. The van der Waals surface area contributed by atoms with E-state index in [0.29, 0.717) is 37.3 Å². The largest absolute Gasteiger partial charge is 0.381 e. The zero-order valence-electron chi connectivity index (χ0n) is 13.3. The average Bonchev–Trinajstić information content (AvgIpc) is 2.47. The van der Waals surface area contributed by atoms with Crippen LogP contribution in [0.2, 0.25) is 0 Å². The molecule has 1 fully saturated rings. The average molecular weight is 305 g/mol. The summed E-state index contributed by atoms with van der Waals surface area (Å²) in [6.07, 6.45) is 1.02. The van der Waals surface area contributed by atoms with E-state index in [4.69, 9.17) is 10.5 Å². The number of carbonyl (C=O) groups excluding carboxylic acids is 2. The highest BCUT2D eigenvalue weighted by atomic mass is 16.5. The second kappa shape index (κ2) is 6.46. The molecule has 0 saturated carbocycles. The molecule has 1 saturated heterocycles. The van der Waals surface area contributed by atoms with Gasteiger partial charge in [-0.3, -0.25) is 9.59 Å². The molecule has 0 aromatic heterocycles. The van der Waals surface area contributed by atoms with Crippen molar-refractivity contribution in [3.63, 3.8) is 0 Å². The van der Waals surface area contributed by atoms with Gasteiger partial charge in [-0.2, -0.15) is 0 Å². The van der Waals surface area contributed by atoms with Gasteiger partial charge < -0.3 is 20.7 Å². The summed E-state index contributed by atoms with van der Waals surface area (Å²) in [6, 6.07) is 5.24. The van der Waals surface area contributed by atoms with Gasteiger partial charge in [0, 0.05) is 38.6 Å². The number of nitrogens with two attached hydrogens (primary N) is 1. The first-order chi connectivity index (χ1) is 10.3. The SMILES string of the molecule is Cc1cc(NC(=O)C2(N)CCOCC2)ccc1C(=O)N(C)C. The Bertz CT molecular complexity index is 578. The Balaban J connectivity index is 2.12. The second-order valence-corrected chi connectivity index (χ2v) is 5.95. The smallest absolute Gasteiger partial charge is 0.253 e. The molecule has 2 rings (SSSR count).